The van der Waals surface area contributed by atoms with Crippen LogP contribution in [-0.4, -0.2) is 6.04 Å². The van der Waals surface area contributed by atoms with Crippen molar-refractivity contribution in [1.82, 2.24) is 0 Å². The molecular formula is C14H19Cl2N. The Kier molecular flexibility index (Phi) is 4.02. The molecule has 0 bridgehead atoms. The molecule has 1 aromatic carbocycles. The lowest BCUT2D eigenvalue weighted by Crippen LogP contribution is -2.39. The molecule has 1 saturated carbocycles. The first-order valence-corrected chi connectivity index (χ1v) is 6.96. The lowest BCUT2D eigenvalue weighted by molar-refractivity contribution is 0.260. The van der Waals surface area contributed by atoms with Gasteiger partial charge in [-0.15, -0.1) is 0 Å². The molecule has 17 heavy (non-hydrogen) atoms. The van der Waals surface area contributed by atoms with Crippen LogP contribution in [0, 0.1) is 5.41 Å². The molecule has 1 unspecified atom stereocenters. The van der Waals surface area contributed by atoms with Gasteiger partial charge in [-0.3, -0.25) is 0 Å². The Morgan fingerprint density at radius 2 is 1.94 bits per heavy atom. The molecule has 1 aliphatic carbocycles. The van der Waals surface area contributed by atoms with Gasteiger partial charge in [0.05, 0.1) is 0 Å². The van der Waals surface area contributed by atoms with E-state index < -0.39 is 0 Å². The average molecular weight is 272 g/mol. The van der Waals surface area contributed by atoms with E-state index in [1.807, 2.05) is 18.2 Å². The summed E-state index contributed by atoms with van der Waals surface area (Å²) in [7, 11) is 0. The van der Waals surface area contributed by atoms with Gasteiger partial charge < -0.3 is 5.73 Å². The van der Waals surface area contributed by atoms with E-state index in [9.17, 15) is 0 Å². The Labute approximate surface area is 113 Å². The fraction of sp³-hybridized carbons (Fsp3) is 0.571. The van der Waals surface area contributed by atoms with Crippen molar-refractivity contribution in [2.75, 3.05) is 0 Å². The van der Waals surface area contributed by atoms with Gasteiger partial charge in [-0.25, -0.2) is 0 Å². The summed E-state index contributed by atoms with van der Waals surface area (Å²) in [4.78, 5) is 0. The van der Waals surface area contributed by atoms with Crippen LogP contribution in [0.4, 0.5) is 0 Å². The summed E-state index contributed by atoms with van der Waals surface area (Å²) in [6, 6.07) is 5.77. The van der Waals surface area contributed by atoms with E-state index >= 15 is 0 Å². The summed E-state index contributed by atoms with van der Waals surface area (Å²) in [6.45, 7) is 2.29. The van der Waals surface area contributed by atoms with E-state index in [2.05, 4.69) is 6.92 Å². The highest BCUT2D eigenvalue weighted by atomic mass is 35.5. The maximum atomic E-state index is 6.36. The Morgan fingerprint density at radius 1 is 1.29 bits per heavy atom. The van der Waals surface area contributed by atoms with Gasteiger partial charge in [-0.05, 0) is 48.4 Å². The van der Waals surface area contributed by atoms with Gasteiger partial charge in [0.1, 0.15) is 0 Å². The summed E-state index contributed by atoms with van der Waals surface area (Å²) in [6.07, 6.45) is 5.87. The van der Waals surface area contributed by atoms with Gasteiger partial charge in [-0.2, -0.15) is 0 Å². The van der Waals surface area contributed by atoms with Crippen molar-refractivity contribution in [2.45, 2.75) is 45.1 Å². The Bertz CT molecular complexity index is 397. The fourth-order valence-corrected chi connectivity index (χ4v) is 3.13. The minimum absolute atomic E-state index is 0.168. The number of hydrogen-bond acceptors (Lipinski definition) is 1. The second-order valence-corrected chi connectivity index (χ2v) is 6.25. The van der Waals surface area contributed by atoms with E-state index in [1.54, 1.807) is 0 Å². The molecule has 0 aliphatic heterocycles. The van der Waals surface area contributed by atoms with E-state index in [0.717, 1.165) is 22.0 Å². The first kappa shape index (κ1) is 13.2. The summed E-state index contributed by atoms with van der Waals surface area (Å²) in [5, 5.41) is 1.50. The Morgan fingerprint density at radius 3 is 2.59 bits per heavy atom. The van der Waals surface area contributed by atoms with Gasteiger partial charge >= 0.3 is 0 Å². The predicted molar refractivity (Wildman–Crippen MR) is 74.7 cm³/mol. The monoisotopic (exact) mass is 271 g/mol. The van der Waals surface area contributed by atoms with Crippen LogP contribution in [0.5, 0.6) is 0 Å². The minimum Gasteiger partial charge on any atom is -0.327 e. The zero-order valence-corrected chi connectivity index (χ0v) is 11.7. The number of rotatable bonds is 3. The summed E-state index contributed by atoms with van der Waals surface area (Å²) in [5.74, 6) is 0. The molecule has 2 N–H and O–H groups in total. The second-order valence-electron chi connectivity index (χ2n) is 5.41. The first-order valence-electron chi connectivity index (χ1n) is 6.21. The van der Waals surface area contributed by atoms with Crippen LogP contribution in [0.1, 0.15) is 38.2 Å². The quantitative estimate of drug-likeness (QED) is 0.864. The van der Waals surface area contributed by atoms with E-state index in [0.29, 0.717) is 0 Å². The lowest BCUT2D eigenvalue weighted by atomic mass is 9.78. The van der Waals surface area contributed by atoms with E-state index in [-0.39, 0.29) is 11.5 Å². The molecule has 0 saturated heterocycles. The molecule has 1 atom stereocenters. The number of halogens is 2. The van der Waals surface area contributed by atoms with Crippen molar-refractivity contribution in [3.63, 3.8) is 0 Å². The Hall–Kier alpha value is -0.240. The van der Waals surface area contributed by atoms with Gasteiger partial charge in [0.2, 0.25) is 0 Å². The Balaban J connectivity index is 2.12. The van der Waals surface area contributed by atoms with Crippen molar-refractivity contribution in [3.05, 3.63) is 33.8 Å². The maximum absolute atomic E-state index is 6.36. The maximum Gasteiger partial charge on any atom is 0.0439 e. The summed E-state index contributed by atoms with van der Waals surface area (Å²) in [5.41, 5.74) is 7.70. The molecule has 0 heterocycles. The zero-order valence-electron chi connectivity index (χ0n) is 10.2. The molecule has 94 valence electrons. The van der Waals surface area contributed by atoms with Gasteiger partial charge in [0.25, 0.3) is 0 Å². The van der Waals surface area contributed by atoms with Gasteiger partial charge in [0, 0.05) is 16.1 Å². The molecular weight excluding hydrogens is 253 g/mol. The molecule has 3 heteroatoms. The second kappa shape index (κ2) is 5.17. The SMILES string of the molecule is CC1(C(N)Cc2cc(Cl)ccc2Cl)CCCC1. The molecule has 2 rings (SSSR count). The third kappa shape index (κ3) is 2.96. The van der Waals surface area contributed by atoms with Crippen molar-refractivity contribution >= 4 is 23.2 Å². The molecule has 1 aromatic rings. The van der Waals surface area contributed by atoms with Crippen molar-refractivity contribution in [1.29, 1.82) is 0 Å². The zero-order chi connectivity index (χ0) is 12.5. The molecule has 0 radical (unpaired) electrons. The number of nitrogens with two attached hydrogens (primary N) is 1. The topological polar surface area (TPSA) is 26.0 Å². The van der Waals surface area contributed by atoms with Crippen LogP contribution in [0.3, 0.4) is 0 Å². The lowest BCUT2D eigenvalue weighted by Gasteiger charge is -2.31. The van der Waals surface area contributed by atoms with Crippen LogP contribution in [0.15, 0.2) is 18.2 Å². The van der Waals surface area contributed by atoms with Crippen LogP contribution < -0.4 is 5.73 Å². The fourth-order valence-electron chi connectivity index (χ4n) is 2.74. The van der Waals surface area contributed by atoms with E-state index in [4.69, 9.17) is 28.9 Å². The molecule has 1 fully saturated rings. The third-order valence-corrected chi connectivity index (χ3v) is 4.69. The third-order valence-electron chi connectivity index (χ3n) is 4.09. The molecule has 0 aromatic heterocycles. The minimum atomic E-state index is 0.168. The van der Waals surface area contributed by atoms with E-state index in [1.165, 1.54) is 25.7 Å². The average Bonchev–Trinajstić information content (AvgIpc) is 2.72. The smallest absolute Gasteiger partial charge is 0.0439 e. The van der Waals surface area contributed by atoms with Crippen molar-refractivity contribution in [3.8, 4) is 0 Å². The normalized spacial score (nSPS) is 20.5. The summed E-state index contributed by atoms with van der Waals surface area (Å²) >= 11 is 12.2. The molecule has 0 spiro atoms. The van der Waals surface area contributed by atoms with Crippen LogP contribution in [0.25, 0.3) is 0 Å². The largest absolute Gasteiger partial charge is 0.327 e. The molecule has 1 aliphatic rings. The van der Waals surface area contributed by atoms with Crippen LogP contribution in [0.2, 0.25) is 10.0 Å². The highest BCUT2D eigenvalue weighted by molar-refractivity contribution is 6.33. The number of benzene rings is 1. The first-order chi connectivity index (χ1) is 8.01. The molecule has 0 amide bonds. The molecule has 1 nitrogen and oxygen atoms in total. The van der Waals surface area contributed by atoms with Crippen LogP contribution in [-0.2, 0) is 6.42 Å². The highest BCUT2D eigenvalue weighted by Crippen LogP contribution is 2.41. The van der Waals surface area contributed by atoms with Crippen LogP contribution >= 0.6 is 23.2 Å². The summed E-state index contributed by atoms with van der Waals surface area (Å²) < 4.78 is 0. The van der Waals surface area contributed by atoms with Crippen molar-refractivity contribution < 1.29 is 0 Å². The standard InChI is InChI=1S/C14H19Cl2N/c1-14(6-2-3-7-14)13(17)9-10-8-11(15)4-5-12(10)16/h4-5,8,13H,2-3,6-7,9,17H2,1H3. The van der Waals surface area contributed by atoms with Gasteiger partial charge in [0.15, 0.2) is 0 Å². The van der Waals surface area contributed by atoms with Crippen molar-refractivity contribution in [2.24, 2.45) is 11.1 Å². The highest BCUT2D eigenvalue weighted by Gasteiger charge is 2.34. The number of hydrogen-bond donors (Lipinski definition) is 1. The predicted octanol–water partition coefficient (Wildman–Crippen LogP) is 4.44. The van der Waals surface area contributed by atoms with Gasteiger partial charge in [-0.1, -0.05) is 43.0 Å².